The highest BCUT2D eigenvalue weighted by atomic mass is 35.5. The van der Waals surface area contributed by atoms with Crippen LogP contribution in [0.25, 0.3) is 0 Å². The van der Waals surface area contributed by atoms with Gasteiger partial charge in [-0.05, 0) is 50.6 Å². The van der Waals surface area contributed by atoms with Gasteiger partial charge in [0.2, 0.25) is 5.91 Å². The summed E-state index contributed by atoms with van der Waals surface area (Å²) in [6, 6.07) is 9.19. The summed E-state index contributed by atoms with van der Waals surface area (Å²) >= 11 is 13.5. The van der Waals surface area contributed by atoms with Crippen LogP contribution < -0.4 is 10.6 Å². The van der Waals surface area contributed by atoms with Gasteiger partial charge < -0.3 is 20.5 Å². The molecule has 1 fully saturated rings. The fourth-order valence-electron chi connectivity index (χ4n) is 3.50. The lowest BCUT2D eigenvalue weighted by Gasteiger charge is -2.28. The number of amides is 3. The van der Waals surface area contributed by atoms with E-state index in [1.54, 1.807) is 63.2 Å². The fraction of sp³-hybridized carbons (Fsp3) is 0.360. The third kappa shape index (κ3) is 7.77. The van der Waals surface area contributed by atoms with Gasteiger partial charge in [-0.15, -0.1) is 11.8 Å². The minimum atomic E-state index is -1.22. The molecule has 1 aliphatic rings. The maximum Gasteiger partial charge on any atom is 0.411 e. The SMILES string of the molecule is CC(C)(C)OC(=O)N1CSCC1C(=O)N[C@H](Cc1ccc(NC(=O)c2c(Cl)cccc2Cl)cc1)C(=O)O. The van der Waals surface area contributed by atoms with Crippen molar-refractivity contribution < 1.29 is 29.0 Å². The van der Waals surface area contributed by atoms with E-state index in [0.717, 1.165) is 0 Å². The van der Waals surface area contributed by atoms with Gasteiger partial charge >= 0.3 is 12.1 Å². The Labute approximate surface area is 228 Å². The van der Waals surface area contributed by atoms with E-state index in [1.807, 2.05) is 0 Å². The Morgan fingerprint density at radius 3 is 2.30 bits per heavy atom. The van der Waals surface area contributed by atoms with Crippen LogP contribution in [0.5, 0.6) is 0 Å². The van der Waals surface area contributed by atoms with Crippen molar-refractivity contribution in [1.82, 2.24) is 10.2 Å². The van der Waals surface area contributed by atoms with E-state index in [0.29, 0.717) is 17.0 Å². The Hall–Kier alpha value is -2.95. The lowest BCUT2D eigenvalue weighted by molar-refractivity contribution is -0.142. The summed E-state index contributed by atoms with van der Waals surface area (Å²) in [6.07, 6.45) is -0.627. The van der Waals surface area contributed by atoms with Gasteiger partial charge in [0.1, 0.15) is 17.7 Å². The second-order valence-electron chi connectivity index (χ2n) is 9.32. The molecule has 9 nitrogen and oxygen atoms in total. The average Bonchev–Trinajstić information content (AvgIpc) is 3.29. The van der Waals surface area contributed by atoms with E-state index >= 15 is 0 Å². The number of benzene rings is 2. The number of carboxylic acid groups (broad SMARTS) is 1. The summed E-state index contributed by atoms with van der Waals surface area (Å²) < 4.78 is 5.36. The number of carbonyl (C=O) groups excluding carboxylic acids is 3. The first-order valence-electron chi connectivity index (χ1n) is 11.3. The first kappa shape index (κ1) is 28.6. The second-order valence-corrected chi connectivity index (χ2v) is 11.1. The van der Waals surface area contributed by atoms with Gasteiger partial charge in [0.05, 0.1) is 21.5 Å². The van der Waals surface area contributed by atoms with Crippen molar-refractivity contribution >= 4 is 64.5 Å². The topological polar surface area (TPSA) is 125 Å². The number of hydrogen-bond donors (Lipinski definition) is 3. The predicted molar refractivity (Wildman–Crippen MR) is 143 cm³/mol. The summed E-state index contributed by atoms with van der Waals surface area (Å²) in [5.41, 5.74) is 0.497. The van der Waals surface area contributed by atoms with Crippen LogP contribution in [0.4, 0.5) is 10.5 Å². The molecule has 2 aromatic rings. The minimum absolute atomic E-state index is 0.00204. The van der Waals surface area contributed by atoms with Gasteiger partial charge in [0, 0.05) is 17.9 Å². The zero-order chi connectivity index (χ0) is 27.3. The molecule has 1 aliphatic heterocycles. The number of aliphatic carboxylic acids is 1. The number of nitrogens with one attached hydrogen (secondary N) is 2. The maximum atomic E-state index is 12.9. The molecule has 12 heteroatoms. The van der Waals surface area contributed by atoms with Gasteiger partial charge in [-0.25, -0.2) is 9.59 Å². The molecule has 1 heterocycles. The number of thioether (sulfide) groups is 1. The first-order valence-corrected chi connectivity index (χ1v) is 13.2. The van der Waals surface area contributed by atoms with E-state index in [9.17, 15) is 24.3 Å². The van der Waals surface area contributed by atoms with Crippen molar-refractivity contribution in [2.24, 2.45) is 0 Å². The van der Waals surface area contributed by atoms with Gasteiger partial charge in [-0.2, -0.15) is 0 Å². The molecule has 1 saturated heterocycles. The van der Waals surface area contributed by atoms with Crippen LogP contribution >= 0.6 is 35.0 Å². The Kier molecular flexibility index (Phi) is 9.33. The predicted octanol–water partition coefficient (Wildman–Crippen LogP) is 4.67. The number of nitrogens with zero attached hydrogens (tertiary/aromatic N) is 1. The third-order valence-corrected chi connectivity index (χ3v) is 6.91. The average molecular weight is 568 g/mol. The van der Waals surface area contributed by atoms with Crippen molar-refractivity contribution in [2.75, 3.05) is 16.9 Å². The maximum absolute atomic E-state index is 12.9. The highest BCUT2D eigenvalue weighted by Gasteiger charge is 2.38. The highest BCUT2D eigenvalue weighted by Crippen LogP contribution is 2.26. The summed E-state index contributed by atoms with van der Waals surface area (Å²) in [4.78, 5) is 51.1. The molecule has 0 radical (unpaired) electrons. The number of hydrogen-bond acceptors (Lipinski definition) is 6. The molecule has 1 unspecified atom stereocenters. The Morgan fingerprint density at radius 2 is 1.73 bits per heavy atom. The molecule has 0 spiro atoms. The smallest absolute Gasteiger partial charge is 0.411 e. The van der Waals surface area contributed by atoms with E-state index < -0.39 is 41.6 Å². The molecule has 37 heavy (non-hydrogen) atoms. The van der Waals surface area contributed by atoms with Crippen molar-refractivity contribution in [1.29, 1.82) is 0 Å². The van der Waals surface area contributed by atoms with Crippen molar-refractivity contribution in [3.05, 3.63) is 63.6 Å². The first-order chi connectivity index (χ1) is 17.4. The standard InChI is InChI=1S/C25H27Cl2N3O6S/c1-25(2,3)36-24(35)30-13-37-12-19(30)21(31)29-18(23(33)34)11-14-7-9-15(10-8-14)28-22(32)20-16(26)5-4-6-17(20)27/h4-10,18-19H,11-13H2,1-3H3,(H,28,32)(H,29,31)(H,33,34)/t18-,19?/m1/s1. The third-order valence-electron chi connectivity index (χ3n) is 5.27. The zero-order valence-corrected chi connectivity index (χ0v) is 22.7. The van der Waals surface area contributed by atoms with Crippen LogP contribution in [-0.2, 0) is 20.7 Å². The van der Waals surface area contributed by atoms with Crippen LogP contribution in [0, 0.1) is 0 Å². The molecule has 0 bridgehead atoms. The van der Waals surface area contributed by atoms with E-state index in [-0.39, 0.29) is 27.9 Å². The number of halogens is 2. The number of carboxylic acids is 1. The molecule has 2 aromatic carbocycles. The summed E-state index contributed by atoms with van der Waals surface area (Å²) in [7, 11) is 0. The molecule has 0 aromatic heterocycles. The summed E-state index contributed by atoms with van der Waals surface area (Å²) in [6.45, 7) is 5.19. The van der Waals surface area contributed by atoms with Gasteiger partial charge in [-0.1, -0.05) is 41.4 Å². The zero-order valence-electron chi connectivity index (χ0n) is 20.4. The van der Waals surface area contributed by atoms with Crippen molar-refractivity contribution in [3.63, 3.8) is 0 Å². The lowest BCUT2D eigenvalue weighted by atomic mass is 10.0. The summed E-state index contributed by atoms with van der Waals surface area (Å²) in [5, 5.41) is 15.4. The monoisotopic (exact) mass is 567 g/mol. The normalized spacial score (nSPS) is 16.1. The van der Waals surface area contributed by atoms with Gasteiger partial charge in [0.15, 0.2) is 0 Å². The lowest BCUT2D eigenvalue weighted by Crippen LogP contribution is -2.53. The van der Waals surface area contributed by atoms with Crippen LogP contribution in [0.2, 0.25) is 10.0 Å². The molecule has 0 saturated carbocycles. The molecule has 198 valence electrons. The summed E-state index contributed by atoms with van der Waals surface area (Å²) in [5.74, 6) is -1.65. The van der Waals surface area contributed by atoms with Crippen LogP contribution in [-0.4, -0.2) is 63.2 Å². The molecule has 3 N–H and O–H groups in total. The number of rotatable bonds is 7. The molecule has 3 rings (SSSR count). The molecular weight excluding hydrogens is 541 g/mol. The van der Waals surface area contributed by atoms with Gasteiger partial charge in [-0.3, -0.25) is 14.5 Å². The minimum Gasteiger partial charge on any atom is -0.480 e. The van der Waals surface area contributed by atoms with E-state index in [1.165, 1.54) is 16.7 Å². The van der Waals surface area contributed by atoms with E-state index in [4.69, 9.17) is 27.9 Å². The Balaban J connectivity index is 1.63. The van der Waals surface area contributed by atoms with E-state index in [2.05, 4.69) is 10.6 Å². The van der Waals surface area contributed by atoms with Crippen LogP contribution in [0.3, 0.4) is 0 Å². The number of ether oxygens (including phenoxy) is 1. The van der Waals surface area contributed by atoms with Crippen molar-refractivity contribution in [3.8, 4) is 0 Å². The van der Waals surface area contributed by atoms with Crippen LogP contribution in [0.1, 0.15) is 36.7 Å². The van der Waals surface area contributed by atoms with Crippen molar-refractivity contribution in [2.45, 2.75) is 44.9 Å². The van der Waals surface area contributed by atoms with Crippen LogP contribution in [0.15, 0.2) is 42.5 Å². The molecular formula is C25H27Cl2N3O6S. The van der Waals surface area contributed by atoms with Gasteiger partial charge in [0.25, 0.3) is 5.91 Å². The fourth-order valence-corrected chi connectivity index (χ4v) is 5.21. The highest BCUT2D eigenvalue weighted by molar-refractivity contribution is 7.99. The molecule has 0 aliphatic carbocycles. The molecule has 3 amide bonds. The Bertz CT molecular complexity index is 1170. The quantitative estimate of drug-likeness (QED) is 0.444. The second kappa shape index (κ2) is 12.1. The largest absolute Gasteiger partial charge is 0.480 e. The Morgan fingerprint density at radius 1 is 1.11 bits per heavy atom. The number of anilines is 1. The molecule has 2 atom stereocenters. The number of carbonyl (C=O) groups is 4.